The highest BCUT2D eigenvalue weighted by atomic mass is 16.2. The number of para-hydroxylation sites is 1. The Labute approximate surface area is 135 Å². The molecule has 0 fully saturated rings. The Morgan fingerprint density at radius 1 is 1.00 bits per heavy atom. The first-order valence-corrected chi connectivity index (χ1v) is 7.93. The van der Waals surface area contributed by atoms with Crippen LogP contribution in [-0.4, -0.2) is 28.9 Å². The molecule has 3 aromatic rings. The molecule has 1 aromatic heterocycles. The van der Waals surface area contributed by atoms with Crippen LogP contribution >= 0.6 is 0 Å². The van der Waals surface area contributed by atoms with Crippen LogP contribution in [0.3, 0.4) is 0 Å². The van der Waals surface area contributed by atoms with Gasteiger partial charge in [-0.05, 0) is 41.6 Å². The third kappa shape index (κ3) is 2.66. The van der Waals surface area contributed by atoms with E-state index in [0.29, 0.717) is 6.54 Å². The van der Waals surface area contributed by atoms with Crippen LogP contribution in [0.1, 0.15) is 22.5 Å². The number of nitrogens with zero attached hydrogens (tertiary/aromatic N) is 1. The average molecular weight is 302 g/mol. The number of fused-ring (bicyclic) bond motifs is 1. The molecule has 1 amide bonds. The molecular weight excluding hydrogens is 284 g/mol. The minimum atomic E-state index is 0.109. The highest BCUT2D eigenvalue weighted by Gasteiger charge is 2.19. The number of aromatic amines is 1. The zero-order chi connectivity index (χ0) is 15.6. The van der Waals surface area contributed by atoms with E-state index in [9.17, 15) is 4.79 Å². The predicted molar refractivity (Wildman–Crippen MR) is 93.2 cm³/mol. The lowest BCUT2D eigenvalue weighted by Crippen LogP contribution is -2.34. The van der Waals surface area contributed by atoms with Gasteiger partial charge in [0.05, 0.1) is 0 Å². The minimum Gasteiger partial charge on any atom is -0.355 e. The molecule has 2 heterocycles. The summed E-state index contributed by atoms with van der Waals surface area (Å²) in [5.41, 5.74) is 4.37. The maximum atomic E-state index is 12.5. The number of benzene rings is 2. The summed E-state index contributed by atoms with van der Waals surface area (Å²) in [4.78, 5) is 17.8. The summed E-state index contributed by atoms with van der Waals surface area (Å²) in [6.45, 7) is 1.42. The zero-order valence-corrected chi connectivity index (χ0v) is 12.8. The van der Waals surface area contributed by atoms with E-state index in [1.807, 2.05) is 41.3 Å². The number of rotatable bonds is 2. The molecule has 0 spiro atoms. The topological polar surface area (TPSA) is 36.1 Å². The second-order valence-corrected chi connectivity index (χ2v) is 5.87. The van der Waals surface area contributed by atoms with Crippen molar-refractivity contribution >= 4 is 22.4 Å². The molecule has 2 aromatic carbocycles. The summed E-state index contributed by atoms with van der Waals surface area (Å²) in [5, 5.41) is 1.23. The van der Waals surface area contributed by atoms with E-state index in [1.165, 1.54) is 11.0 Å². The van der Waals surface area contributed by atoms with E-state index >= 15 is 0 Å². The molecule has 114 valence electrons. The lowest BCUT2D eigenvalue weighted by molar-refractivity contribution is 0.0773. The number of nitrogens with one attached hydrogen (secondary N) is 1. The molecule has 0 radical (unpaired) electrons. The van der Waals surface area contributed by atoms with Gasteiger partial charge in [0.25, 0.3) is 5.91 Å². The number of hydrogen-bond donors (Lipinski definition) is 1. The molecular formula is C20H18N2O. The molecule has 0 aliphatic carbocycles. The van der Waals surface area contributed by atoms with E-state index in [0.717, 1.165) is 29.7 Å². The largest absolute Gasteiger partial charge is 0.355 e. The third-order valence-corrected chi connectivity index (χ3v) is 4.39. The summed E-state index contributed by atoms with van der Waals surface area (Å²) < 4.78 is 0. The van der Waals surface area contributed by atoms with Crippen LogP contribution in [-0.2, 0) is 0 Å². The quantitative estimate of drug-likeness (QED) is 0.760. The molecule has 0 saturated heterocycles. The van der Waals surface area contributed by atoms with Gasteiger partial charge in [0.2, 0.25) is 0 Å². The first-order chi connectivity index (χ1) is 11.3. The Morgan fingerprint density at radius 2 is 1.78 bits per heavy atom. The monoisotopic (exact) mass is 302 g/mol. The predicted octanol–water partition coefficient (Wildman–Crippen LogP) is 4.10. The van der Waals surface area contributed by atoms with Crippen molar-refractivity contribution in [1.29, 1.82) is 0 Å². The Kier molecular flexibility index (Phi) is 3.46. The van der Waals surface area contributed by atoms with Crippen molar-refractivity contribution in [3.05, 3.63) is 78.0 Å². The fraction of sp³-hybridized carbons (Fsp3) is 0.150. The number of hydrogen-bond acceptors (Lipinski definition) is 1. The molecule has 23 heavy (non-hydrogen) atoms. The molecule has 0 saturated carbocycles. The molecule has 1 N–H and O–H groups in total. The molecule has 4 rings (SSSR count). The summed E-state index contributed by atoms with van der Waals surface area (Å²) in [7, 11) is 0. The van der Waals surface area contributed by atoms with Gasteiger partial charge in [-0.1, -0.05) is 42.5 Å². The standard InChI is InChI=1S/C20H18N2O/c23-20(16-6-2-1-3-7-16)22-12-10-15(11-13-22)19-14-17-8-4-5-9-18(17)21-19/h1-10,14,21H,11-13H2. The van der Waals surface area contributed by atoms with Gasteiger partial charge in [0.15, 0.2) is 0 Å². The lowest BCUT2D eigenvalue weighted by atomic mass is 10.0. The van der Waals surface area contributed by atoms with E-state index in [-0.39, 0.29) is 5.91 Å². The van der Waals surface area contributed by atoms with Crippen LogP contribution in [0.4, 0.5) is 0 Å². The third-order valence-electron chi connectivity index (χ3n) is 4.39. The van der Waals surface area contributed by atoms with Gasteiger partial charge in [-0.25, -0.2) is 0 Å². The fourth-order valence-electron chi connectivity index (χ4n) is 3.11. The van der Waals surface area contributed by atoms with Crippen molar-refractivity contribution in [2.75, 3.05) is 13.1 Å². The highest BCUT2D eigenvalue weighted by Crippen LogP contribution is 2.26. The van der Waals surface area contributed by atoms with Crippen molar-refractivity contribution in [2.45, 2.75) is 6.42 Å². The number of carbonyl (C=O) groups is 1. The summed E-state index contributed by atoms with van der Waals surface area (Å²) in [6.07, 6.45) is 3.04. The molecule has 0 atom stereocenters. The zero-order valence-electron chi connectivity index (χ0n) is 12.8. The van der Waals surface area contributed by atoms with Gasteiger partial charge >= 0.3 is 0 Å². The Morgan fingerprint density at radius 3 is 2.52 bits per heavy atom. The highest BCUT2D eigenvalue weighted by molar-refractivity contribution is 5.95. The van der Waals surface area contributed by atoms with Crippen LogP contribution in [0.25, 0.3) is 16.5 Å². The second-order valence-electron chi connectivity index (χ2n) is 5.87. The Balaban J connectivity index is 1.54. The SMILES string of the molecule is O=C(c1ccccc1)N1CC=C(c2cc3ccccc3[nH]2)CC1. The normalized spacial score (nSPS) is 14.8. The lowest BCUT2D eigenvalue weighted by Gasteiger charge is -2.26. The first-order valence-electron chi connectivity index (χ1n) is 7.93. The van der Waals surface area contributed by atoms with E-state index < -0.39 is 0 Å². The fourth-order valence-corrected chi connectivity index (χ4v) is 3.11. The number of amides is 1. The Hall–Kier alpha value is -2.81. The van der Waals surface area contributed by atoms with Gasteiger partial charge < -0.3 is 9.88 Å². The summed E-state index contributed by atoms with van der Waals surface area (Å²) in [6, 6.07) is 20.0. The second kappa shape index (κ2) is 5.76. The van der Waals surface area contributed by atoms with Gasteiger partial charge in [0.1, 0.15) is 0 Å². The summed E-state index contributed by atoms with van der Waals surface area (Å²) in [5.74, 6) is 0.109. The van der Waals surface area contributed by atoms with E-state index in [4.69, 9.17) is 0 Å². The van der Waals surface area contributed by atoms with Crippen molar-refractivity contribution in [3.8, 4) is 0 Å². The van der Waals surface area contributed by atoms with Crippen LogP contribution in [0.15, 0.2) is 66.7 Å². The van der Waals surface area contributed by atoms with Crippen LogP contribution in [0.5, 0.6) is 0 Å². The minimum absolute atomic E-state index is 0.109. The molecule has 3 heteroatoms. The maximum Gasteiger partial charge on any atom is 0.254 e. The van der Waals surface area contributed by atoms with Crippen molar-refractivity contribution in [3.63, 3.8) is 0 Å². The average Bonchev–Trinajstić information content (AvgIpc) is 3.06. The van der Waals surface area contributed by atoms with E-state index in [2.05, 4.69) is 35.3 Å². The molecule has 1 aliphatic heterocycles. The van der Waals surface area contributed by atoms with Gasteiger partial charge in [0, 0.05) is 29.9 Å². The molecule has 1 aliphatic rings. The first kappa shape index (κ1) is 13.8. The number of aromatic nitrogens is 1. The Bertz CT molecular complexity index is 844. The summed E-state index contributed by atoms with van der Waals surface area (Å²) >= 11 is 0. The van der Waals surface area contributed by atoms with Gasteiger partial charge in [-0.3, -0.25) is 4.79 Å². The molecule has 3 nitrogen and oxygen atoms in total. The van der Waals surface area contributed by atoms with Crippen molar-refractivity contribution in [2.24, 2.45) is 0 Å². The van der Waals surface area contributed by atoms with Crippen LogP contribution < -0.4 is 0 Å². The van der Waals surface area contributed by atoms with E-state index in [1.54, 1.807) is 0 Å². The van der Waals surface area contributed by atoms with Crippen molar-refractivity contribution in [1.82, 2.24) is 9.88 Å². The van der Waals surface area contributed by atoms with Crippen LogP contribution in [0.2, 0.25) is 0 Å². The number of carbonyl (C=O) groups excluding carboxylic acids is 1. The maximum absolute atomic E-state index is 12.5. The number of H-pyrrole nitrogens is 1. The molecule has 0 bridgehead atoms. The van der Waals surface area contributed by atoms with Gasteiger partial charge in [-0.15, -0.1) is 0 Å². The van der Waals surface area contributed by atoms with Crippen LogP contribution in [0, 0.1) is 0 Å². The molecule has 0 unspecified atom stereocenters. The smallest absolute Gasteiger partial charge is 0.254 e. The van der Waals surface area contributed by atoms with Crippen molar-refractivity contribution < 1.29 is 4.79 Å². The van der Waals surface area contributed by atoms with Gasteiger partial charge in [-0.2, -0.15) is 0 Å².